The Bertz CT molecular complexity index is 130. The highest BCUT2D eigenvalue weighted by Crippen LogP contribution is 2.09. The zero-order valence-corrected chi connectivity index (χ0v) is 5.17. The maximum atomic E-state index is 9.08. The summed E-state index contributed by atoms with van der Waals surface area (Å²) in [7, 11) is 0. The third kappa shape index (κ3) is 1.41. The molecule has 0 aromatic carbocycles. The van der Waals surface area contributed by atoms with Crippen LogP contribution in [-0.2, 0) is 0 Å². The van der Waals surface area contributed by atoms with Crippen LogP contribution in [0.4, 0.5) is 0 Å². The molecule has 1 rings (SSSR count). The summed E-state index contributed by atoms with van der Waals surface area (Å²) in [6.07, 6.45) is 0.321. The summed E-state index contributed by atoms with van der Waals surface area (Å²) in [4.78, 5) is 0. The van der Waals surface area contributed by atoms with Gasteiger partial charge in [0.05, 0.1) is 18.1 Å². The predicted molar refractivity (Wildman–Crippen MR) is 32.6 cm³/mol. The molecule has 0 unspecified atom stereocenters. The van der Waals surface area contributed by atoms with Crippen LogP contribution in [0.25, 0.3) is 0 Å². The molecule has 0 spiro atoms. The highest BCUT2D eigenvalue weighted by molar-refractivity contribution is 4.92. The Morgan fingerprint density at radius 1 is 1.67 bits per heavy atom. The fraction of sp³-hybridized carbons (Fsp3) is 0.833. The number of aliphatic hydroxyl groups is 1. The molecule has 1 fully saturated rings. The fourth-order valence-electron chi connectivity index (χ4n) is 0.993. The van der Waals surface area contributed by atoms with Crippen molar-refractivity contribution < 1.29 is 5.11 Å². The fourth-order valence-corrected chi connectivity index (χ4v) is 0.993. The number of nitrogens with zero attached hydrogens (tertiary/aromatic N) is 1. The predicted octanol–water partition coefficient (Wildman–Crippen LogP) is -0.520. The topological polar surface area (TPSA) is 56.0 Å². The quantitative estimate of drug-likeness (QED) is 0.459. The molecule has 0 amide bonds. The highest BCUT2D eigenvalue weighted by atomic mass is 16.3. The Labute approximate surface area is 54.3 Å². The number of nitrogens with one attached hydrogen (secondary N) is 1. The number of nitriles is 1. The molecule has 3 nitrogen and oxygen atoms in total. The van der Waals surface area contributed by atoms with E-state index in [1.807, 2.05) is 0 Å². The minimum absolute atomic E-state index is 0.147. The second-order valence-electron chi connectivity index (χ2n) is 2.30. The molecule has 1 aliphatic heterocycles. The summed E-state index contributed by atoms with van der Waals surface area (Å²) >= 11 is 0. The van der Waals surface area contributed by atoms with Gasteiger partial charge >= 0.3 is 0 Å². The van der Waals surface area contributed by atoms with E-state index in [1.54, 1.807) is 0 Å². The first-order chi connectivity index (χ1) is 4.34. The van der Waals surface area contributed by atoms with Crippen LogP contribution < -0.4 is 5.32 Å². The van der Waals surface area contributed by atoms with Crippen molar-refractivity contribution in [2.75, 3.05) is 13.1 Å². The van der Waals surface area contributed by atoms with Crippen molar-refractivity contribution in [1.29, 1.82) is 5.26 Å². The van der Waals surface area contributed by atoms with Crippen molar-refractivity contribution in [3.05, 3.63) is 0 Å². The van der Waals surface area contributed by atoms with Crippen molar-refractivity contribution >= 4 is 0 Å². The lowest BCUT2D eigenvalue weighted by Crippen LogP contribution is -2.39. The maximum absolute atomic E-state index is 9.08. The summed E-state index contributed by atoms with van der Waals surface area (Å²) in [5, 5.41) is 20.5. The first-order valence-electron chi connectivity index (χ1n) is 3.13. The van der Waals surface area contributed by atoms with Gasteiger partial charge in [-0.15, -0.1) is 0 Å². The van der Waals surface area contributed by atoms with Crippen LogP contribution in [0.1, 0.15) is 6.42 Å². The van der Waals surface area contributed by atoms with Crippen molar-refractivity contribution in [2.24, 2.45) is 5.92 Å². The van der Waals surface area contributed by atoms with Crippen molar-refractivity contribution in [1.82, 2.24) is 5.32 Å². The Morgan fingerprint density at radius 2 is 2.44 bits per heavy atom. The van der Waals surface area contributed by atoms with Gasteiger partial charge in [-0.25, -0.2) is 0 Å². The van der Waals surface area contributed by atoms with E-state index < -0.39 is 6.10 Å². The van der Waals surface area contributed by atoms with Gasteiger partial charge in [-0.3, -0.25) is 0 Å². The SMILES string of the molecule is N#C[C@@H]1CCNC[C@H]1O. The molecule has 1 aliphatic rings. The van der Waals surface area contributed by atoms with Gasteiger partial charge in [-0.2, -0.15) is 5.26 Å². The van der Waals surface area contributed by atoms with Crippen LogP contribution >= 0.6 is 0 Å². The number of hydrogen-bond acceptors (Lipinski definition) is 3. The van der Waals surface area contributed by atoms with Crippen LogP contribution in [0.15, 0.2) is 0 Å². The van der Waals surface area contributed by atoms with Gasteiger partial charge in [0.15, 0.2) is 0 Å². The van der Waals surface area contributed by atoms with Crippen molar-refractivity contribution in [2.45, 2.75) is 12.5 Å². The van der Waals surface area contributed by atoms with E-state index in [9.17, 15) is 0 Å². The van der Waals surface area contributed by atoms with Crippen molar-refractivity contribution in [3.63, 3.8) is 0 Å². The summed E-state index contributed by atoms with van der Waals surface area (Å²) in [6, 6.07) is 2.06. The number of piperidine rings is 1. The molecule has 1 saturated heterocycles. The summed E-state index contributed by atoms with van der Waals surface area (Å²) in [6.45, 7) is 1.42. The lowest BCUT2D eigenvalue weighted by Gasteiger charge is -2.22. The standard InChI is InChI=1S/C6H10N2O/c7-3-5-1-2-8-4-6(5)9/h5-6,8-9H,1-2,4H2/t5-,6+/m0/s1. The third-order valence-corrected chi connectivity index (χ3v) is 1.62. The molecule has 0 radical (unpaired) electrons. The number of aliphatic hydroxyl groups excluding tert-OH is 1. The van der Waals surface area contributed by atoms with Crippen molar-refractivity contribution in [3.8, 4) is 6.07 Å². The largest absolute Gasteiger partial charge is 0.390 e. The molecule has 0 bridgehead atoms. The molecule has 3 heteroatoms. The van der Waals surface area contributed by atoms with Gasteiger partial charge in [0.1, 0.15) is 0 Å². The average Bonchev–Trinajstić information content (AvgIpc) is 1.89. The van der Waals surface area contributed by atoms with E-state index in [4.69, 9.17) is 10.4 Å². The Balaban J connectivity index is 2.41. The van der Waals surface area contributed by atoms with E-state index in [-0.39, 0.29) is 5.92 Å². The smallest absolute Gasteiger partial charge is 0.0822 e. The zero-order valence-electron chi connectivity index (χ0n) is 5.17. The van der Waals surface area contributed by atoms with Gasteiger partial charge < -0.3 is 10.4 Å². The first-order valence-corrected chi connectivity index (χ1v) is 3.13. The van der Waals surface area contributed by atoms with Crippen LogP contribution in [0, 0.1) is 17.2 Å². The molecule has 0 aromatic rings. The van der Waals surface area contributed by atoms with E-state index in [0.717, 1.165) is 13.0 Å². The normalized spacial score (nSPS) is 35.6. The molecule has 2 atom stereocenters. The van der Waals surface area contributed by atoms with Gasteiger partial charge in [-0.05, 0) is 13.0 Å². The Kier molecular flexibility index (Phi) is 2.04. The summed E-state index contributed by atoms with van der Waals surface area (Å²) in [5.74, 6) is -0.147. The molecule has 9 heavy (non-hydrogen) atoms. The van der Waals surface area contributed by atoms with E-state index in [1.165, 1.54) is 0 Å². The monoisotopic (exact) mass is 126 g/mol. The molecule has 1 heterocycles. The van der Waals surface area contributed by atoms with Gasteiger partial charge in [-0.1, -0.05) is 0 Å². The van der Waals surface area contributed by atoms with E-state index >= 15 is 0 Å². The number of rotatable bonds is 0. The first kappa shape index (κ1) is 6.53. The van der Waals surface area contributed by atoms with Crippen LogP contribution in [0.3, 0.4) is 0 Å². The third-order valence-electron chi connectivity index (χ3n) is 1.62. The molecular weight excluding hydrogens is 116 g/mol. The van der Waals surface area contributed by atoms with Crippen LogP contribution in [0.2, 0.25) is 0 Å². The minimum atomic E-state index is -0.455. The molecule has 50 valence electrons. The lowest BCUT2D eigenvalue weighted by atomic mass is 9.97. The van der Waals surface area contributed by atoms with Gasteiger partial charge in [0, 0.05) is 6.54 Å². The molecule has 0 aliphatic carbocycles. The molecule has 2 N–H and O–H groups in total. The van der Waals surface area contributed by atoms with Crippen LogP contribution in [-0.4, -0.2) is 24.3 Å². The second-order valence-corrected chi connectivity index (χ2v) is 2.30. The number of hydrogen-bond donors (Lipinski definition) is 2. The van der Waals surface area contributed by atoms with Gasteiger partial charge in [0.2, 0.25) is 0 Å². The van der Waals surface area contributed by atoms with Gasteiger partial charge in [0.25, 0.3) is 0 Å². The molecule has 0 aromatic heterocycles. The maximum Gasteiger partial charge on any atom is 0.0822 e. The summed E-state index contributed by atoms with van der Waals surface area (Å²) in [5.41, 5.74) is 0. The summed E-state index contributed by atoms with van der Waals surface area (Å²) < 4.78 is 0. The average molecular weight is 126 g/mol. The zero-order chi connectivity index (χ0) is 6.69. The van der Waals surface area contributed by atoms with E-state index in [0.29, 0.717) is 6.54 Å². The second kappa shape index (κ2) is 2.81. The lowest BCUT2D eigenvalue weighted by molar-refractivity contribution is 0.108. The minimum Gasteiger partial charge on any atom is -0.390 e. The number of β-amino-alcohol motifs (C(OH)–C–C–N with tert-alkyl or cyclic N) is 1. The Morgan fingerprint density at radius 3 is 2.89 bits per heavy atom. The van der Waals surface area contributed by atoms with Crippen LogP contribution in [0.5, 0.6) is 0 Å². The molecule has 0 saturated carbocycles. The molecular formula is C6H10N2O. The van der Waals surface area contributed by atoms with E-state index in [2.05, 4.69) is 11.4 Å². The Hall–Kier alpha value is -0.590. The highest BCUT2D eigenvalue weighted by Gasteiger charge is 2.21.